The largest absolute Gasteiger partial charge is 0.478 e. The summed E-state index contributed by atoms with van der Waals surface area (Å²) in [5.74, 6) is -0.553. The fourth-order valence-electron chi connectivity index (χ4n) is 1.18. The smallest absolute Gasteiger partial charge is 0.337 e. The summed E-state index contributed by atoms with van der Waals surface area (Å²) in [6.45, 7) is 0.448. The second kappa shape index (κ2) is 5.86. The number of hydrogen-bond acceptors (Lipinski definition) is 3. The van der Waals surface area contributed by atoms with Crippen molar-refractivity contribution in [1.29, 1.82) is 0 Å². The summed E-state index contributed by atoms with van der Waals surface area (Å²) in [6, 6.07) is 4.51. The maximum atomic E-state index is 10.9. The molecule has 16 heavy (non-hydrogen) atoms. The maximum absolute atomic E-state index is 10.9. The van der Waals surface area contributed by atoms with Gasteiger partial charge in [-0.2, -0.15) is 0 Å². The number of hydrogen-bond donors (Lipinski definition) is 2. The molecular weight excluding hydrogens is 250 g/mol. The van der Waals surface area contributed by atoms with Crippen LogP contribution >= 0.6 is 11.6 Å². The molecule has 6 heteroatoms. The van der Waals surface area contributed by atoms with Gasteiger partial charge in [-0.15, -0.1) is 0 Å². The highest BCUT2D eigenvalue weighted by Crippen LogP contribution is 2.20. The predicted octanol–water partition coefficient (Wildman–Crippen LogP) is 1.83. The molecule has 1 aromatic rings. The van der Waals surface area contributed by atoms with Gasteiger partial charge in [-0.05, 0) is 18.2 Å². The van der Waals surface area contributed by atoms with Crippen LogP contribution in [0.4, 0.5) is 5.69 Å². The molecule has 0 aliphatic heterocycles. The van der Waals surface area contributed by atoms with Gasteiger partial charge in [0.1, 0.15) is 0 Å². The highest BCUT2D eigenvalue weighted by Gasteiger charge is 2.09. The molecule has 4 nitrogen and oxygen atoms in total. The number of aromatic carboxylic acids is 1. The zero-order chi connectivity index (χ0) is 12.1. The molecule has 1 unspecified atom stereocenters. The van der Waals surface area contributed by atoms with Crippen molar-refractivity contribution < 1.29 is 14.1 Å². The van der Waals surface area contributed by atoms with Crippen LogP contribution in [0.1, 0.15) is 10.4 Å². The van der Waals surface area contributed by atoms with Crippen LogP contribution in [-0.4, -0.2) is 33.8 Å². The van der Waals surface area contributed by atoms with E-state index in [0.717, 1.165) is 0 Å². The first-order valence-electron chi connectivity index (χ1n) is 4.57. The van der Waals surface area contributed by atoms with Gasteiger partial charge in [0.2, 0.25) is 0 Å². The summed E-state index contributed by atoms with van der Waals surface area (Å²) in [7, 11) is -0.905. The number of carboxylic acid groups (broad SMARTS) is 1. The minimum absolute atomic E-state index is 0.159. The third-order valence-electron chi connectivity index (χ3n) is 1.92. The van der Waals surface area contributed by atoms with E-state index in [1.54, 1.807) is 12.3 Å². The van der Waals surface area contributed by atoms with E-state index in [1.165, 1.54) is 12.1 Å². The van der Waals surface area contributed by atoms with Crippen LogP contribution in [-0.2, 0) is 10.8 Å². The Kier molecular flexibility index (Phi) is 4.76. The van der Waals surface area contributed by atoms with Crippen LogP contribution in [0.25, 0.3) is 0 Å². The molecule has 1 atom stereocenters. The Labute approximate surface area is 101 Å². The molecule has 0 aliphatic carbocycles. The van der Waals surface area contributed by atoms with E-state index in [0.29, 0.717) is 23.0 Å². The average molecular weight is 262 g/mol. The predicted molar refractivity (Wildman–Crippen MR) is 65.8 cm³/mol. The summed E-state index contributed by atoms with van der Waals surface area (Å²) >= 11 is 5.77. The highest BCUT2D eigenvalue weighted by molar-refractivity contribution is 7.84. The van der Waals surface area contributed by atoms with Gasteiger partial charge in [0.05, 0.1) is 11.3 Å². The third kappa shape index (κ3) is 3.83. The molecule has 0 saturated heterocycles. The van der Waals surface area contributed by atoms with Crippen LogP contribution < -0.4 is 5.32 Å². The molecule has 0 spiro atoms. The number of benzene rings is 1. The minimum atomic E-state index is -1.02. The molecule has 0 radical (unpaired) electrons. The second-order valence-electron chi connectivity index (χ2n) is 3.20. The van der Waals surface area contributed by atoms with E-state index in [2.05, 4.69) is 5.32 Å². The highest BCUT2D eigenvalue weighted by atomic mass is 35.5. The number of carboxylic acids is 1. The van der Waals surface area contributed by atoms with Crippen molar-refractivity contribution in [2.75, 3.05) is 23.9 Å². The summed E-state index contributed by atoms with van der Waals surface area (Å²) < 4.78 is 10.8. The molecule has 0 saturated carbocycles. The van der Waals surface area contributed by atoms with Crippen molar-refractivity contribution in [1.82, 2.24) is 0 Å². The zero-order valence-electron chi connectivity index (χ0n) is 8.70. The number of halogens is 1. The van der Waals surface area contributed by atoms with Gasteiger partial charge in [0.15, 0.2) is 0 Å². The third-order valence-corrected chi connectivity index (χ3v) is 2.93. The van der Waals surface area contributed by atoms with E-state index in [9.17, 15) is 9.00 Å². The number of carbonyl (C=O) groups is 1. The molecule has 0 heterocycles. The quantitative estimate of drug-likeness (QED) is 0.849. The minimum Gasteiger partial charge on any atom is -0.478 e. The second-order valence-corrected chi connectivity index (χ2v) is 5.19. The van der Waals surface area contributed by atoms with Crippen molar-refractivity contribution in [2.24, 2.45) is 0 Å². The number of anilines is 1. The lowest BCUT2D eigenvalue weighted by Gasteiger charge is -2.09. The number of nitrogens with one attached hydrogen (secondary N) is 1. The van der Waals surface area contributed by atoms with E-state index < -0.39 is 16.8 Å². The summed E-state index contributed by atoms with van der Waals surface area (Å²) in [5.41, 5.74) is 0.608. The molecule has 1 aromatic carbocycles. The Morgan fingerprint density at radius 2 is 2.25 bits per heavy atom. The lowest BCUT2D eigenvalue weighted by Crippen LogP contribution is -2.12. The van der Waals surface area contributed by atoms with Gasteiger partial charge in [-0.25, -0.2) is 4.79 Å². The van der Waals surface area contributed by atoms with Crippen molar-refractivity contribution >= 4 is 34.1 Å². The van der Waals surface area contributed by atoms with E-state index >= 15 is 0 Å². The Morgan fingerprint density at radius 3 is 2.81 bits per heavy atom. The van der Waals surface area contributed by atoms with Crippen LogP contribution in [0.2, 0.25) is 5.02 Å². The fourth-order valence-corrected chi connectivity index (χ4v) is 1.74. The molecule has 0 aromatic heterocycles. The van der Waals surface area contributed by atoms with Crippen molar-refractivity contribution in [3.05, 3.63) is 28.8 Å². The van der Waals surface area contributed by atoms with Crippen LogP contribution in [0.5, 0.6) is 0 Å². The van der Waals surface area contributed by atoms with Crippen LogP contribution in [0, 0.1) is 0 Å². The molecule has 1 rings (SSSR count). The summed E-state index contributed by atoms with van der Waals surface area (Å²) in [6.07, 6.45) is 1.59. The molecular formula is C10H12ClNO3S. The molecule has 0 fully saturated rings. The van der Waals surface area contributed by atoms with Gasteiger partial charge in [-0.3, -0.25) is 4.21 Å². The van der Waals surface area contributed by atoms with E-state index in [1.807, 2.05) is 0 Å². The average Bonchev–Trinajstić information content (AvgIpc) is 2.16. The fraction of sp³-hybridized carbons (Fsp3) is 0.300. The first-order valence-corrected chi connectivity index (χ1v) is 6.68. The maximum Gasteiger partial charge on any atom is 0.337 e. The van der Waals surface area contributed by atoms with Gasteiger partial charge in [0.25, 0.3) is 0 Å². The topological polar surface area (TPSA) is 66.4 Å². The van der Waals surface area contributed by atoms with Crippen molar-refractivity contribution in [3.8, 4) is 0 Å². The standard InChI is InChI=1S/C10H12ClNO3S/c1-16(15)5-4-12-9-6-7(11)2-3-8(9)10(13)14/h2-3,6,12H,4-5H2,1H3,(H,13,14). The van der Waals surface area contributed by atoms with E-state index in [-0.39, 0.29) is 5.56 Å². The molecule has 0 aliphatic rings. The Hall–Kier alpha value is -1.07. The van der Waals surface area contributed by atoms with Crippen LogP contribution in [0.3, 0.4) is 0 Å². The Balaban J connectivity index is 2.80. The lowest BCUT2D eigenvalue weighted by atomic mass is 10.2. The van der Waals surface area contributed by atoms with Crippen molar-refractivity contribution in [2.45, 2.75) is 0 Å². The SMILES string of the molecule is CS(=O)CCNc1cc(Cl)ccc1C(=O)O. The summed E-state index contributed by atoms with van der Waals surface area (Å²) in [5, 5.41) is 12.3. The van der Waals surface area contributed by atoms with Crippen LogP contribution in [0.15, 0.2) is 18.2 Å². The van der Waals surface area contributed by atoms with Crippen molar-refractivity contribution in [3.63, 3.8) is 0 Å². The van der Waals surface area contributed by atoms with Gasteiger partial charge in [0, 0.05) is 34.4 Å². The molecule has 2 N–H and O–H groups in total. The summed E-state index contributed by atoms with van der Waals surface area (Å²) in [4.78, 5) is 10.9. The van der Waals surface area contributed by atoms with Gasteiger partial charge < -0.3 is 10.4 Å². The monoisotopic (exact) mass is 261 g/mol. The Morgan fingerprint density at radius 1 is 1.56 bits per heavy atom. The molecule has 0 amide bonds. The van der Waals surface area contributed by atoms with E-state index in [4.69, 9.17) is 16.7 Å². The lowest BCUT2D eigenvalue weighted by molar-refractivity contribution is 0.0698. The number of rotatable bonds is 5. The zero-order valence-corrected chi connectivity index (χ0v) is 10.3. The Bertz CT molecular complexity index is 423. The molecule has 88 valence electrons. The van der Waals surface area contributed by atoms with Gasteiger partial charge >= 0.3 is 5.97 Å². The van der Waals surface area contributed by atoms with Gasteiger partial charge in [-0.1, -0.05) is 11.6 Å². The molecule has 0 bridgehead atoms. The first kappa shape index (κ1) is 13.0. The first-order chi connectivity index (χ1) is 7.50. The normalized spacial score (nSPS) is 12.1.